The number of methoxy groups -OCH3 is 2. The van der Waals surface area contributed by atoms with Gasteiger partial charge in [0.05, 0.1) is 24.8 Å². The van der Waals surface area contributed by atoms with Gasteiger partial charge in [0, 0.05) is 26.2 Å². The van der Waals surface area contributed by atoms with Crippen LogP contribution in [0.1, 0.15) is 22.4 Å². The molecule has 2 heterocycles. The summed E-state index contributed by atoms with van der Waals surface area (Å²) in [5.74, 6) is 1.85. The van der Waals surface area contributed by atoms with Gasteiger partial charge < -0.3 is 25.0 Å². The van der Waals surface area contributed by atoms with Crippen LogP contribution in [0.2, 0.25) is 5.15 Å². The molecule has 210 valence electrons. The predicted molar refractivity (Wildman–Crippen MR) is 158 cm³/mol. The molecule has 0 amide bonds. The van der Waals surface area contributed by atoms with Gasteiger partial charge in [-0.1, -0.05) is 35.9 Å². The number of anilines is 4. The highest BCUT2D eigenvalue weighted by atomic mass is 35.5. The van der Waals surface area contributed by atoms with Gasteiger partial charge in [0.15, 0.2) is 5.15 Å². The second kappa shape index (κ2) is 12.8. The molecule has 12 heteroatoms. The third-order valence-corrected chi connectivity index (χ3v) is 6.60. The number of nitro groups is 1. The maximum absolute atomic E-state index is 12.4. The third kappa shape index (κ3) is 6.74. The molecule has 4 aromatic rings. The molecular weight excluding hydrogens is 546 g/mol. The summed E-state index contributed by atoms with van der Waals surface area (Å²) in [4.78, 5) is 22.6. The summed E-state index contributed by atoms with van der Waals surface area (Å²) >= 11 is 6.38. The Hall–Kier alpha value is -5.08. The molecule has 2 aromatic carbocycles. The molecule has 41 heavy (non-hydrogen) atoms. The summed E-state index contributed by atoms with van der Waals surface area (Å²) in [5.41, 5.74) is 3.16. The topological polar surface area (TPSA) is 138 Å². The average molecular weight is 574 g/mol. The van der Waals surface area contributed by atoms with E-state index in [1.54, 1.807) is 34.3 Å². The van der Waals surface area contributed by atoms with Gasteiger partial charge in [-0.25, -0.2) is 9.97 Å². The minimum absolute atomic E-state index is 0.0857. The molecule has 0 radical (unpaired) electrons. The fourth-order valence-corrected chi connectivity index (χ4v) is 4.54. The zero-order valence-corrected chi connectivity index (χ0v) is 23.7. The van der Waals surface area contributed by atoms with Crippen LogP contribution in [0.4, 0.5) is 28.7 Å². The van der Waals surface area contributed by atoms with E-state index in [9.17, 15) is 15.4 Å². The molecule has 0 saturated carbocycles. The Balaban J connectivity index is 1.84. The molecule has 0 aliphatic rings. The number of hydrogen-bond donors (Lipinski definition) is 2. The largest absolute Gasteiger partial charge is 0.497 e. The van der Waals surface area contributed by atoms with E-state index in [0.29, 0.717) is 41.7 Å². The maximum atomic E-state index is 12.4. The van der Waals surface area contributed by atoms with E-state index < -0.39 is 4.92 Å². The first-order valence-electron chi connectivity index (χ1n) is 12.5. The molecule has 0 aliphatic heterocycles. The number of aryl methyl sites for hydroxylation is 1. The van der Waals surface area contributed by atoms with Crippen LogP contribution in [0.15, 0.2) is 60.7 Å². The Bertz CT molecular complexity index is 1520. The smallest absolute Gasteiger partial charge is 0.334 e. The number of hydrogen-bond acceptors (Lipinski definition) is 10. The molecule has 2 aromatic heterocycles. The molecule has 0 saturated heterocycles. The van der Waals surface area contributed by atoms with Crippen molar-refractivity contribution in [3.63, 3.8) is 0 Å². The number of nitriles is 1. The van der Waals surface area contributed by atoms with Gasteiger partial charge in [-0.3, -0.25) is 10.1 Å². The first-order valence-corrected chi connectivity index (χ1v) is 12.9. The highest BCUT2D eigenvalue weighted by molar-refractivity contribution is 6.32. The molecule has 2 N–H and O–H groups in total. The van der Waals surface area contributed by atoms with Crippen LogP contribution in [-0.2, 0) is 13.1 Å². The highest BCUT2D eigenvalue weighted by Crippen LogP contribution is 2.39. The Morgan fingerprint density at radius 2 is 1.56 bits per heavy atom. The van der Waals surface area contributed by atoms with Gasteiger partial charge in [0.2, 0.25) is 5.82 Å². The summed E-state index contributed by atoms with van der Waals surface area (Å²) in [6.45, 7) is 2.41. The van der Waals surface area contributed by atoms with Gasteiger partial charge >= 0.3 is 5.69 Å². The lowest BCUT2D eigenvalue weighted by atomic mass is 10.1. The van der Waals surface area contributed by atoms with E-state index in [4.69, 9.17) is 26.1 Å². The standard InChI is InChI=1S/C29H28ClN7O4/c1-18-13-21(15-31)33-28(30)26(18)34-25-14-24(32-2)27(37(38)39)29(35-25)36(16-19-5-9-22(40-3)10-6-19)17-20-7-11-23(41-4)12-8-20/h5-14H,16-17H2,1-4H3,(H2,32,34,35). The average Bonchev–Trinajstić information content (AvgIpc) is 2.98. The lowest BCUT2D eigenvalue weighted by Crippen LogP contribution is -2.25. The number of ether oxygens (including phenoxy) is 2. The van der Waals surface area contributed by atoms with Gasteiger partial charge in [0.25, 0.3) is 0 Å². The molecule has 0 fully saturated rings. The maximum Gasteiger partial charge on any atom is 0.334 e. The van der Waals surface area contributed by atoms with E-state index in [0.717, 1.165) is 11.1 Å². The Kier molecular flexibility index (Phi) is 9.06. The van der Waals surface area contributed by atoms with Crippen LogP contribution in [0, 0.1) is 28.4 Å². The SMILES string of the molecule is CNc1cc(Nc2c(C)cc(C#N)nc2Cl)nc(N(Cc2ccc(OC)cc2)Cc2ccc(OC)cc2)c1[N+](=O)[O-]. The van der Waals surface area contributed by atoms with E-state index >= 15 is 0 Å². The molecule has 4 rings (SSSR count). The summed E-state index contributed by atoms with van der Waals surface area (Å²) in [6, 6.07) is 20.1. The van der Waals surface area contributed by atoms with Crippen LogP contribution in [0.5, 0.6) is 11.5 Å². The Morgan fingerprint density at radius 1 is 1.00 bits per heavy atom. The monoisotopic (exact) mass is 573 g/mol. The van der Waals surface area contributed by atoms with Crippen molar-refractivity contribution in [3.05, 3.63) is 98.3 Å². The van der Waals surface area contributed by atoms with E-state index in [-0.39, 0.29) is 28.0 Å². The fourth-order valence-electron chi connectivity index (χ4n) is 4.26. The quantitative estimate of drug-likeness (QED) is 0.121. The first-order chi connectivity index (χ1) is 19.8. The molecule has 11 nitrogen and oxygen atoms in total. The number of halogens is 1. The number of nitrogens with zero attached hydrogens (tertiary/aromatic N) is 5. The fraction of sp³-hybridized carbons (Fsp3) is 0.207. The van der Waals surface area contributed by atoms with Crippen molar-refractivity contribution in [3.8, 4) is 17.6 Å². The molecular formula is C29H28ClN7O4. The van der Waals surface area contributed by atoms with Crippen LogP contribution < -0.4 is 25.0 Å². The molecule has 0 bridgehead atoms. The minimum Gasteiger partial charge on any atom is -0.497 e. The summed E-state index contributed by atoms with van der Waals surface area (Å²) < 4.78 is 10.6. The zero-order chi connectivity index (χ0) is 29.5. The van der Waals surface area contributed by atoms with E-state index in [2.05, 4.69) is 15.6 Å². The summed E-state index contributed by atoms with van der Waals surface area (Å²) in [5, 5.41) is 27.8. The van der Waals surface area contributed by atoms with E-state index in [1.807, 2.05) is 59.5 Å². The lowest BCUT2D eigenvalue weighted by molar-refractivity contribution is -0.383. The predicted octanol–water partition coefficient (Wildman–Crippen LogP) is 6.23. The first kappa shape index (κ1) is 28.9. The highest BCUT2D eigenvalue weighted by Gasteiger charge is 2.28. The summed E-state index contributed by atoms with van der Waals surface area (Å²) in [6.07, 6.45) is 0. The Morgan fingerprint density at radius 3 is 2.00 bits per heavy atom. The zero-order valence-electron chi connectivity index (χ0n) is 22.9. The van der Waals surface area contributed by atoms with Crippen LogP contribution in [-0.4, -0.2) is 36.2 Å². The van der Waals surface area contributed by atoms with Gasteiger partial charge in [-0.2, -0.15) is 5.26 Å². The molecule has 0 spiro atoms. The van der Waals surface area contributed by atoms with Gasteiger partial charge in [0.1, 0.15) is 34.8 Å². The van der Waals surface area contributed by atoms with Crippen LogP contribution in [0.25, 0.3) is 0 Å². The minimum atomic E-state index is -0.450. The number of rotatable bonds is 11. The molecule has 0 atom stereocenters. The summed E-state index contributed by atoms with van der Waals surface area (Å²) in [7, 11) is 4.79. The number of benzene rings is 2. The lowest BCUT2D eigenvalue weighted by Gasteiger charge is -2.25. The second-order valence-electron chi connectivity index (χ2n) is 9.01. The number of nitrogens with one attached hydrogen (secondary N) is 2. The third-order valence-electron chi connectivity index (χ3n) is 6.33. The van der Waals surface area contributed by atoms with Crippen LogP contribution >= 0.6 is 11.6 Å². The second-order valence-corrected chi connectivity index (χ2v) is 9.37. The van der Waals surface area contributed by atoms with Crippen LogP contribution in [0.3, 0.4) is 0 Å². The van der Waals surface area contributed by atoms with Crippen molar-refractivity contribution < 1.29 is 14.4 Å². The van der Waals surface area contributed by atoms with Crippen molar-refractivity contribution in [2.24, 2.45) is 0 Å². The number of aromatic nitrogens is 2. The van der Waals surface area contributed by atoms with Crippen molar-refractivity contribution >= 4 is 40.3 Å². The normalized spacial score (nSPS) is 10.4. The van der Waals surface area contributed by atoms with Crippen molar-refractivity contribution in [1.29, 1.82) is 5.26 Å². The van der Waals surface area contributed by atoms with Gasteiger partial charge in [-0.05, 0) is 53.9 Å². The number of pyridine rings is 2. The molecule has 0 unspecified atom stereocenters. The Labute approximate surface area is 242 Å². The van der Waals surface area contributed by atoms with Crippen molar-refractivity contribution in [2.75, 3.05) is 36.8 Å². The van der Waals surface area contributed by atoms with Crippen molar-refractivity contribution in [1.82, 2.24) is 9.97 Å². The molecule has 0 aliphatic carbocycles. The van der Waals surface area contributed by atoms with Gasteiger partial charge in [-0.15, -0.1) is 0 Å². The van der Waals surface area contributed by atoms with Crippen molar-refractivity contribution in [2.45, 2.75) is 20.0 Å². The van der Waals surface area contributed by atoms with E-state index in [1.165, 1.54) is 6.07 Å².